The Hall–Kier alpha value is -2.93. The molecule has 2 aromatic carbocycles. The van der Waals surface area contributed by atoms with Crippen LogP contribution in [-0.2, 0) is 0 Å². The number of para-hydroxylation sites is 1. The van der Waals surface area contributed by atoms with E-state index in [1.807, 2.05) is 25.1 Å². The number of nitrogens with zero attached hydrogens (tertiary/aromatic N) is 1. The molecule has 0 saturated carbocycles. The van der Waals surface area contributed by atoms with Gasteiger partial charge in [-0.2, -0.15) is 0 Å². The second-order valence-corrected chi connectivity index (χ2v) is 5.24. The van der Waals surface area contributed by atoms with Crippen LogP contribution in [-0.4, -0.2) is 28.6 Å². The average molecular weight is 329 g/mol. The minimum atomic E-state index is -0.536. The lowest BCUT2D eigenvalue weighted by Gasteiger charge is -2.14. The van der Waals surface area contributed by atoms with Crippen LogP contribution in [0.1, 0.15) is 23.7 Å². The molecule has 126 valence electrons. The van der Waals surface area contributed by atoms with Crippen molar-refractivity contribution < 1.29 is 14.8 Å². The molecule has 2 aromatic rings. The zero-order chi connectivity index (χ0) is 17.5. The van der Waals surface area contributed by atoms with Gasteiger partial charge in [0.2, 0.25) is 0 Å². The Balaban J connectivity index is 2.26. The van der Waals surface area contributed by atoms with E-state index in [2.05, 4.69) is 10.6 Å². The summed E-state index contributed by atoms with van der Waals surface area (Å²) < 4.78 is 0. The van der Waals surface area contributed by atoms with Crippen LogP contribution in [0.15, 0.2) is 48.5 Å². The highest BCUT2D eigenvalue weighted by Crippen LogP contribution is 2.28. The number of aliphatic hydroxyl groups excluding tert-OH is 1. The van der Waals surface area contributed by atoms with Gasteiger partial charge in [-0.05, 0) is 30.7 Å². The Morgan fingerprint density at radius 1 is 1.25 bits per heavy atom. The summed E-state index contributed by atoms with van der Waals surface area (Å²) in [5.41, 5.74) is 0.997. The van der Waals surface area contributed by atoms with E-state index in [0.717, 1.165) is 0 Å². The summed E-state index contributed by atoms with van der Waals surface area (Å²) in [5.74, 6) is -0.453. The summed E-state index contributed by atoms with van der Waals surface area (Å²) in [6, 6.07) is 12.9. The van der Waals surface area contributed by atoms with Crippen LogP contribution in [0.2, 0.25) is 0 Å². The third-order valence-corrected chi connectivity index (χ3v) is 3.56. The monoisotopic (exact) mass is 329 g/mol. The maximum atomic E-state index is 12.2. The topological polar surface area (TPSA) is 104 Å². The summed E-state index contributed by atoms with van der Waals surface area (Å²) in [4.78, 5) is 22.9. The molecule has 0 heterocycles. The molecule has 0 aliphatic heterocycles. The lowest BCUT2D eigenvalue weighted by Crippen LogP contribution is -2.36. The maximum Gasteiger partial charge on any atom is 0.293 e. The van der Waals surface area contributed by atoms with Crippen molar-refractivity contribution in [1.82, 2.24) is 5.32 Å². The number of carbonyl (C=O) groups is 1. The molecule has 0 aliphatic carbocycles. The Bertz CT molecular complexity index is 715. The van der Waals surface area contributed by atoms with Crippen molar-refractivity contribution in [2.75, 3.05) is 11.9 Å². The molecule has 3 N–H and O–H groups in total. The highest BCUT2D eigenvalue weighted by Gasteiger charge is 2.19. The number of hydrogen-bond acceptors (Lipinski definition) is 5. The number of anilines is 2. The summed E-state index contributed by atoms with van der Waals surface area (Å²) in [6.45, 7) is 1.65. The van der Waals surface area contributed by atoms with E-state index in [0.29, 0.717) is 17.8 Å². The Morgan fingerprint density at radius 2 is 1.96 bits per heavy atom. The highest BCUT2D eigenvalue weighted by molar-refractivity contribution is 5.96. The number of carbonyl (C=O) groups excluding carboxylic acids is 1. The molecule has 0 bridgehead atoms. The third kappa shape index (κ3) is 4.30. The molecule has 1 atom stereocenters. The molecule has 0 aromatic heterocycles. The summed E-state index contributed by atoms with van der Waals surface area (Å²) in [5, 5.41) is 26.1. The molecule has 7 nitrogen and oxygen atoms in total. The van der Waals surface area contributed by atoms with Gasteiger partial charge in [-0.15, -0.1) is 0 Å². The molecule has 1 unspecified atom stereocenters. The van der Waals surface area contributed by atoms with E-state index in [-0.39, 0.29) is 23.9 Å². The van der Waals surface area contributed by atoms with Crippen LogP contribution in [0, 0.1) is 10.1 Å². The second kappa shape index (κ2) is 8.07. The third-order valence-electron chi connectivity index (χ3n) is 3.56. The summed E-state index contributed by atoms with van der Waals surface area (Å²) in [7, 11) is 0. The fourth-order valence-electron chi connectivity index (χ4n) is 2.15. The van der Waals surface area contributed by atoms with Crippen LogP contribution in [0.25, 0.3) is 0 Å². The molecule has 7 heteroatoms. The van der Waals surface area contributed by atoms with Gasteiger partial charge in [0.1, 0.15) is 5.69 Å². The number of benzene rings is 2. The van der Waals surface area contributed by atoms with Crippen LogP contribution in [0.4, 0.5) is 17.1 Å². The molecule has 24 heavy (non-hydrogen) atoms. The lowest BCUT2D eigenvalue weighted by atomic mass is 10.1. The fourth-order valence-corrected chi connectivity index (χ4v) is 2.15. The zero-order valence-corrected chi connectivity index (χ0v) is 13.2. The highest BCUT2D eigenvalue weighted by atomic mass is 16.6. The molecule has 2 rings (SSSR count). The predicted octanol–water partition coefficient (Wildman–Crippen LogP) is 2.84. The molecular weight excluding hydrogens is 310 g/mol. The first-order valence-electron chi connectivity index (χ1n) is 7.57. The van der Waals surface area contributed by atoms with Gasteiger partial charge < -0.3 is 15.7 Å². The van der Waals surface area contributed by atoms with Gasteiger partial charge in [0.15, 0.2) is 0 Å². The Labute approximate surface area is 139 Å². The van der Waals surface area contributed by atoms with Crippen LogP contribution < -0.4 is 10.6 Å². The number of amides is 1. The van der Waals surface area contributed by atoms with Gasteiger partial charge in [0.05, 0.1) is 17.6 Å². The van der Waals surface area contributed by atoms with Crippen molar-refractivity contribution in [2.45, 2.75) is 19.4 Å². The summed E-state index contributed by atoms with van der Waals surface area (Å²) in [6.07, 6.45) is 0.567. The van der Waals surface area contributed by atoms with Gasteiger partial charge in [-0.3, -0.25) is 14.9 Å². The predicted molar refractivity (Wildman–Crippen MR) is 91.5 cm³/mol. The zero-order valence-electron chi connectivity index (χ0n) is 13.2. The van der Waals surface area contributed by atoms with Gasteiger partial charge in [0, 0.05) is 17.3 Å². The second-order valence-electron chi connectivity index (χ2n) is 5.24. The first-order valence-corrected chi connectivity index (χ1v) is 7.57. The molecule has 0 aliphatic rings. The van der Waals surface area contributed by atoms with Crippen molar-refractivity contribution in [3.8, 4) is 0 Å². The number of nitro benzene ring substituents is 1. The van der Waals surface area contributed by atoms with Crippen LogP contribution in [0.5, 0.6) is 0 Å². The standard InChI is InChI=1S/C17H19N3O4/c1-2-13(11-21)19-17(22)12-8-9-15(16(10-12)20(23)24)18-14-6-4-3-5-7-14/h3-10,13,18,21H,2,11H2,1H3,(H,19,22). The van der Waals surface area contributed by atoms with Crippen LogP contribution >= 0.6 is 0 Å². The van der Waals surface area contributed by atoms with Gasteiger partial charge in [-0.1, -0.05) is 25.1 Å². The number of nitro groups is 1. The molecule has 0 spiro atoms. The van der Waals surface area contributed by atoms with E-state index in [9.17, 15) is 14.9 Å². The normalized spacial score (nSPS) is 11.6. The van der Waals surface area contributed by atoms with Gasteiger partial charge in [0.25, 0.3) is 11.6 Å². The Kier molecular flexibility index (Phi) is 5.86. The smallest absolute Gasteiger partial charge is 0.293 e. The minimum Gasteiger partial charge on any atom is -0.394 e. The van der Waals surface area contributed by atoms with Gasteiger partial charge >= 0.3 is 0 Å². The van der Waals surface area contributed by atoms with Crippen LogP contribution in [0.3, 0.4) is 0 Å². The van der Waals surface area contributed by atoms with Crippen molar-refractivity contribution in [2.24, 2.45) is 0 Å². The van der Waals surface area contributed by atoms with Gasteiger partial charge in [-0.25, -0.2) is 0 Å². The molecule has 0 radical (unpaired) electrons. The van der Waals surface area contributed by atoms with Crippen molar-refractivity contribution in [1.29, 1.82) is 0 Å². The fraction of sp³-hybridized carbons (Fsp3) is 0.235. The lowest BCUT2D eigenvalue weighted by molar-refractivity contribution is -0.383. The number of aliphatic hydroxyl groups is 1. The minimum absolute atomic E-state index is 0.173. The molecular formula is C17H19N3O4. The number of nitrogens with one attached hydrogen (secondary N) is 2. The quantitative estimate of drug-likeness (QED) is 0.535. The largest absolute Gasteiger partial charge is 0.394 e. The SMILES string of the molecule is CCC(CO)NC(=O)c1ccc(Nc2ccccc2)c([N+](=O)[O-])c1. The number of hydrogen-bond donors (Lipinski definition) is 3. The first kappa shape index (κ1) is 17.4. The average Bonchev–Trinajstić information content (AvgIpc) is 2.60. The molecule has 0 fully saturated rings. The molecule has 0 saturated heterocycles. The van der Waals surface area contributed by atoms with Crippen molar-refractivity contribution >= 4 is 23.0 Å². The molecule has 1 amide bonds. The van der Waals surface area contributed by atoms with E-state index < -0.39 is 10.8 Å². The van der Waals surface area contributed by atoms with E-state index in [1.54, 1.807) is 12.1 Å². The van der Waals surface area contributed by atoms with E-state index in [4.69, 9.17) is 5.11 Å². The van der Waals surface area contributed by atoms with E-state index >= 15 is 0 Å². The maximum absolute atomic E-state index is 12.2. The Morgan fingerprint density at radius 3 is 2.54 bits per heavy atom. The van der Waals surface area contributed by atoms with Crippen molar-refractivity contribution in [3.63, 3.8) is 0 Å². The van der Waals surface area contributed by atoms with Crippen molar-refractivity contribution in [3.05, 3.63) is 64.2 Å². The summed E-state index contributed by atoms with van der Waals surface area (Å²) >= 11 is 0. The van der Waals surface area contributed by atoms with E-state index in [1.165, 1.54) is 18.2 Å². The first-order chi connectivity index (χ1) is 11.5. The number of rotatable bonds is 7.